The quantitative estimate of drug-likeness (QED) is 0.742. The first kappa shape index (κ1) is 10.9. The van der Waals surface area contributed by atoms with Crippen molar-refractivity contribution in [1.82, 2.24) is 0 Å². The van der Waals surface area contributed by atoms with Gasteiger partial charge in [-0.3, -0.25) is 0 Å². The van der Waals surface area contributed by atoms with Crippen LogP contribution in [0, 0.1) is 0 Å². The van der Waals surface area contributed by atoms with E-state index >= 15 is 0 Å². The Morgan fingerprint density at radius 1 is 0.882 bits per heavy atom. The number of rotatable bonds is 1. The third kappa shape index (κ3) is 1.69. The van der Waals surface area contributed by atoms with Gasteiger partial charge in [0, 0.05) is 10.6 Å². The summed E-state index contributed by atoms with van der Waals surface area (Å²) >= 11 is 18.1. The molecule has 0 amide bonds. The van der Waals surface area contributed by atoms with Gasteiger partial charge in [0.1, 0.15) is 17.7 Å². The molecular weight excluding hydrogens is 282 g/mol. The number of amidine groups is 1. The number of aliphatic imine (C=N–C) groups is 2. The molecule has 0 saturated heterocycles. The molecule has 3 rings (SSSR count). The van der Waals surface area contributed by atoms with Crippen LogP contribution in [0.4, 0.5) is 0 Å². The van der Waals surface area contributed by atoms with Crippen LogP contribution in [0.5, 0.6) is 0 Å². The minimum atomic E-state index is 0.410. The molecule has 1 aromatic rings. The van der Waals surface area contributed by atoms with Crippen LogP contribution >= 0.6 is 34.8 Å². The second-order valence-electron chi connectivity index (χ2n) is 3.34. The second-order valence-corrected chi connectivity index (χ2v) is 4.59. The van der Waals surface area contributed by atoms with E-state index < -0.39 is 0 Å². The lowest BCUT2D eigenvalue weighted by Crippen LogP contribution is -1.91. The first-order valence-corrected chi connectivity index (χ1v) is 5.72. The fourth-order valence-corrected chi connectivity index (χ4v) is 2.58. The van der Waals surface area contributed by atoms with Crippen molar-refractivity contribution in [1.29, 1.82) is 0 Å². The predicted molar refractivity (Wildman–Crippen MR) is 69.2 cm³/mol. The summed E-state index contributed by atoms with van der Waals surface area (Å²) in [5.74, 6) is 0.474. The van der Waals surface area contributed by atoms with E-state index in [1.165, 1.54) is 6.34 Å². The molecular formula is C10H3Cl3N4. The third-order valence-electron chi connectivity index (χ3n) is 2.29. The van der Waals surface area contributed by atoms with Crippen molar-refractivity contribution in [3.63, 3.8) is 0 Å². The molecule has 0 fully saturated rings. The standard InChI is InChI=1S/C10H3Cl3N4/c11-4-1-5(12)7(6(13)2-4)8-9-10(17-16-8)15-3-14-9/h1-3H. The Morgan fingerprint density at radius 2 is 1.59 bits per heavy atom. The van der Waals surface area contributed by atoms with Gasteiger partial charge in [-0.2, -0.15) is 0 Å². The van der Waals surface area contributed by atoms with E-state index in [-0.39, 0.29) is 0 Å². The smallest absolute Gasteiger partial charge is 0.204 e. The SMILES string of the molecule is Clc1cc(Cl)c(C2=C3N=CN=C3N=N2)c(Cl)c1. The van der Waals surface area contributed by atoms with Crippen LogP contribution in [-0.4, -0.2) is 12.2 Å². The number of hydrogen-bond donors (Lipinski definition) is 0. The molecule has 2 aliphatic heterocycles. The lowest BCUT2D eigenvalue weighted by molar-refractivity contribution is 1.32. The van der Waals surface area contributed by atoms with Crippen molar-refractivity contribution in [2.45, 2.75) is 0 Å². The first-order valence-electron chi connectivity index (χ1n) is 4.58. The van der Waals surface area contributed by atoms with Crippen molar-refractivity contribution in [3.8, 4) is 0 Å². The molecule has 2 aliphatic rings. The highest BCUT2D eigenvalue weighted by Gasteiger charge is 2.26. The number of benzene rings is 1. The van der Waals surface area contributed by atoms with Crippen LogP contribution in [0.15, 0.2) is 38.0 Å². The number of hydrogen-bond acceptors (Lipinski definition) is 4. The highest BCUT2D eigenvalue weighted by Crippen LogP contribution is 2.39. The lowest BCUT2D eigenvalue weighted by atomic mass is 10.1. The Bertz CT molecular complexity index is 620. The highest BCUT2D eigenvalue weighted by molar-refractivity contribution is 6.40. The van der Waals surface area contributed by atoms with Gasteiger partial charge >= 0.3 is 0 Å². The summed E-state index contributed by atoms with van der Waals surface area (Å²) in [5.41, 5.74) is 1.67. The van der Waals surface area contributed by atoms with Crippen LogP contribution in [0.3, 0.4) is 0 Å². The predicted octanol–water partition coefficient (Wildman–Crippen LogP) is 4.22. The maximum absolute atomic E-state index is 6.11. The van der Waals surface area contributed by atoms with Crippen molar-refractivity contribution in [2.24, 2.45) is 20.2 Å². The monoisotopic (exact) mass is 284 g/mol. The molecule has 0 spiro atoms. The molecule has 0 N–H and O–H groups in total. The van der Waals surface area contributed by atoms with Gasteiger partial charge in [-0.25, -0.2) is 9.98 Å². The number of azo groups is 1. The van der Waals surface area contributed by atoms with E-state index in [1.807, 2.05) is 0 Å². The summed E-state index contributed by atoms with van der Waals surface area (Å²) < 4.78 is 0. The molecule has 2 heterocycles. The van der Waals surface area contributed by atoms with E-state index in [2.05, 4.69) is 20.2 Å². The van der Waals surface area contributed by atoms with E-state index in [0.29, 0.717) is 37.9 Å². The molecule has 0 radical (unpaired) electrons. The Morgan fingerprint density at radius 3 is 2.29 bits per heavy atom. The van der Waals surface area contributed by atoms with Crippen molar-refractivity contribution in [2.75, 3.05) is 0 Å². The minimum absolute atomic E-state index is 0.410. The Labute approximate surface area is 111 Å². The molecule has 0 unspecified atom stereocenters. The average molecular weight is 286 g/mol. The molecule has 17 heavy (non-hydrogen) atoms. The maximum atomic E-state index is 6.11. The van der Waals surface area contributed by atoms with E-state index in [9.17, 15) is 0 Å². The van der Waals surface area contributed by atoms with Gasteiger partial charge in [-0.1, -0.05) is 34.8 Å². The number of halogens is 3. The van der Waals surface area contributed by atoms with Gasteiger partial charge in [0.2, 0.25) is 5.84 Å². The normalized spacial score (nSPS) is 16.8. The maximum Gasteiger partial charge on any atom is 0.204 e. The molecule has 0 saturated carbocycles. The van der Waals surface area contributed by atoms with Crippen LogP contribution < -0.4 is 0 Å². The van der Waals surface area contributed by atoms with Crippen LogP contribution in [0.25, 0.3) is 5.70 Å². The molecule has 7 heteroatoms. The summed E-state index contributed by atoms with van der Waals surface area (Å²) in [6.07, 6.45) is 1.42. The number of nitrogens with zero attached hydrogens (tertiary/aromatic N) is 4. The molecule has 0 atom stereocenters. The van der Waals surface area contributed by atoms with Crippen LogP contribution in [-0.2, 0) is 0 Å². The van der Waals surface area contributed by atoms with E-state index in [0.717, 1.165) is 0 Å². The van der Waals surface area contributed by atoms with Gasteiger partial charge in [-0.05, 0) is 12.1 Å². The van der Waals surface area contributed by atoms with Gasteiger partial charge in [0.05, 0.1) is 10.0 Å². The van der Waals surface area contributed by atoms with Gasteiger partial charge in [-0.15, -0.1) is 10.2 Å². The second kappa shape index (κ2) is 3.91. The minimum Gasteiger partial charge on any atom is -0.230 e. The summed E-state index contributed by atoms with van der Waals surface area (Å²) in [4.78, 5) is 8.02. The molecule has 4 nitrogen and oxygen atoms in total. The van der Waals surface area contributed by atoms with Crippen LogP contribution in [0.2, 0.25) is 15.1 Å². The summed E-state index contributed by atoms with van der Waals surface area (Å²) in [7, 11) is 0. The van der Waals surface area contributed by atoms with E-state index in [1.54, 1.807) is 12.1 Å². The van der Waals surface area contributed by atoms with E-state index in [4.69, 9.17) is 34.8 Å². The lowest BCUT2D eigenvalue weighted by Gasteiger charge is -2.06. The van der Waals surface area contributed by atoms with Gasteiger partial charge < -0.3 is 0 Å². The first-order chi connectivity index (χ1) is 8.16. The zero-order valence-electron chi connectivity index (χ0n) is 8.15. The fraction of sp³-hybridized carbons (Fsp3) is 0. The van der Waals surface area contributed by atoms with Crippen LogP contribution in [0.1, 0.15) is 5.56 Å². The zero-order chi connectivity index (χ0) is 12.0. The fourth-order valence-electron chi connectivity index (χ4n) is 1.58. The average Bonchev–Trinajstić information content (AvgIpc) is 2.80. The molecule has 0 aliphatic carbocycles. The van der Waals surface area contributed by atoms with Crippen molar-refractivity contribution >= 4 is 52.7 Å². The summed E-state index contributed by atoms with van der Waals surface area (Å²) in [6, 6.07) is 3.20. The third-order valence-corrected chi connectivity index (χ3v) is 3.11. The molecule has 84 valence electrons. The molecule has 0 aromatic heterocycles. The van der Waals surface area contributed by atoms with Crippen molar-refractivity contribution < 1.29 is 0 Å². The highest BCUT2D eigenvalue weighted by atomic mass is 35.5. The summed E-state index contributed by atoms with van der Waals surface area (Å²) in [6.45, 7) is 0. The Kier molecular flexibility index (Phi) is 2.50. The van der Waals surface area contributed by atoms with Crippen molar-refractivity contribution in [3.05, 3.63) is 38.5 Å². The Balaban J connectivity index is 2.25. The molecule has 1 aromatic carbocycles. The van der Waals surface area contributed by atoms with Gasteiger partial charge in [0.15, 0.2) is 0 Å². The number of fused-ring (bicyclic) bond motifs is 1. The Hall–Kier alpha value is -1.23. The zero-order valence-corrected chi connectivity index (χ0v) is 10.4. The largest absolute Gasteiger partial charge is 0.230 e. The topological polar surface area (TPSA) is 49.4 Å². The molecule has 0 bridgehead atoms. The van der Waals surface area contributed by atoms with Gasteiger partial charge in [0.25, 0.3) is 0 Å². The summed E-state index contributed by atoms with van der Waals surface area (Å²) in [5, 5.41) is 9.16.